The summed E-state index contributed by atoms with van der Waals surface area (Å²) in [7, 11) is 0. The average Bonchev–Trinajstić information content (AvgIpc) is 2.48. The van der Waals surface area contributed by atoms with Gasteiger partial charge in [-0.2, -0.15) is 0 Å². The molecule has 0 spiro atoms. The van der Waals surface area contributed by atoms with Gasteiger partial charge in [-0.1, -0.05) is 53.9 Å². The maximum absolute atomic E-state index is 12.1. The van der Waals surface area contributed by atoms with Crippen molar-refractivity contribution in [3.05, 3.63) is 34.3 Å². The molecule has 0 unspecified atom stereocenters. The molecule has 0 bridgehead atoms. The zero-order valence-electron chi connectivity index (χ0n) is 12.9. The Kier molecular flexibility index (Phi) is 6.24. The average molecular weight is 354 g/mol. The second-order valence-electron chi connectivity index (χ2n) is 6.19. The predicted octanol–water partition coefficient (Wildman–Crippen LogP) is 2.77. The van der Waals surface area contributed by atoms with E-state index >= 15 is 0 Å². The Morgan fingerprint density at radius 2 is 2.10 bits per heavy atom. The van der Waals surface area contributed by atoms with Crippen LogP contribution in [0.1, 0.15) is 51.1 Å². The predicted molar refractivity (Wildman–Crippen MR) is 88.9 cm³/mol. The van der Waals surface area contributed by atoms with Crippen molar-refractivity contribution in [2.24, 2.45) is 5.92 Å². The second-order valence-corrected chi connectivity index (χ2v) is 7.04. The number of hydrogen-bond donors (Lipinski definition) is 2. The minimum atomic E-state index is 0.160. The first-order valence-corrected chi connectivity index (χ1v) is 8.74. The van der Waals surface area contributed by atoms with E-state index in [4.69, 9.17) is 0 Å². The van der Waals surface area contributed by atoms with Crippen LogP contribution >= 0.6 is 15.9 Å². The monoisotopic (exact) mass is 353 g/mol. The molecule has 1 aliphatic carbocycles. The third kappa shape index (κ3) is 4.82. The van der Waals surface area contributed by atoms with Crippen molar-refractivity contribution >= 4 is 21.8 Å². The van der Waals surface area contributed by atoms with Gasteiger partial charge in [0.25, 0.3) is 5.91 Å². The van der Waals surface area contributed by atoms with Crippen molar-refractivity contribution in [2.45, 2.75) is 51.6 Å². The van der Waals surface area contributed by atoms with Crippen LogP contribution in [0.3, 0.4) is 0 Å². The topological polar surface area (TPSA) is 45.7 Å². The first kappa shape index (κ1) is 16.5. The number of nitrogens with two attached hydrogens (primary N) is 1. The number of quaternary nitrogens is 1. The standard InChI is InChI=1S/C17H25BrN2O/c1-12-7-3-6-10-16(12)20-17(21)11-19-13(2)14-8-4-5-9-15(14)18/h4-5,8-9,12-13,16,19H,3,6-7,10-11H2,1-2H3,(H,20,21)/p+1/t12-,13+,16+/m1/s1. The highest BCUT2D eigenvalue weighted by Crippen LogP contribution is 2.23. The van der Waals surface area contributed by atoms with Crippen molar-refractivity contribution in [1.82, 2.24) is 5.32 Å². The molecule has 3 N–H and O–H groups in total. The van der Waals surface area contributed by atoms with Crippen molar-refractivity contribution < 1.29 is 10.1 Å². The minimum absolute atomic E-state index is 0.160. The second kappa shape index (κ2) is 7.95. The van der Waals surface area contributed by atoms with Gasteiger partial charge in [-0.15, -0.1) is 0 Å². The number of carbonyl (C=O) groups excluding carboxylic acids is 1. The Morgan fingerprint density at radius 3 is 2.81 bits per heavy atom. The summed E-state index contributed by atoms with van der Waals surface area (Å²) in [5, 5.41) is 5.31. The number of nitrogens with one attached hydrogen (secondary N) is 1. The van der Waals surface area contributed by atoms with Gasteiger partial charge in [-0.3, -0.25) is 4.79 Å². The summed E-state index contributed by atoms with van der Waals surface area (Å²) < 4.78 is 1.11. The molecule has 1 aromatic carbocycles. The Morgan fingerprint density at radius 1 is 1.38 bits per heavy atom. The highest BCUT2D eigenvalue weighted by molar-refractivity contribution is 9.10. The summed E-state index contributed by atoms with van der Waals surface area (Å²) in [6.45, 7) is 4.87. The summed E-state index contributed by atoms with van der Waals surface area (Å²) >= 11 is 3.57. The van der Waals surface area contributed by atoms with E-state index in [1.165, 1.54) is 24.8 Å². The first-order chi connectivity index (χ1) is 10.1. The van der Waals surface area contributed by atoms with Crippen molar-refractivity contribution in [3.8, 4) is 0 Å². The smallest absolute Gasteiger partial charge is 0.275 e. The molecule has 0 radical (unpaired) electrons. The van der Waals surface area contributed by atoms with Crippen LogP contribution < -0.4 is 10.6 Å². The molecule has 1 fully saturated rings. The molecule has 0 aliphatic heterocycles. The molecule has 2 rings (SSSR count). The molecule has 4 heteroatoms. The molecule has 3 nitrogen and oxygen atoms in total. The molecular formula is C17H26BrN2O+. The quantitative estimate of drug-likeness (QED) is 0.839. The fourth-order valence-electron chi connectivity index (χ4n) is 3.05. The number of amides is 1. The molecule has 1 amide bonds. The normalized spacial score (nSPS) is 23.6. The van der Waals surface area contributed by atoms with E-state index in [9.17, 15) is 4.79 Å². The number of halogens is 1. The molecule has 1 aromatic rings. The van der Waals surface area contributed by atoms with Crippen molar-refractivity contribution in [2.75, 3.05) is 6.54 Å². The van der Waals surface area contributed by atoms with Crippen LogP contribution in [0.5, 0.6) is 0 Å². The lowest BCUT2D eigenvalue weighted by atomic mass is 9.86. The fourth-order valence-corrected chi connectivity index (χ4v) is 3.70. The summed E-state index contributed by atoms with van der Waals surface area (Å²) in [6.07, 6.45) is 4.92. The van der Waals surface area contributed by atoms with Gasteiger partial charge in [0.1, 0.15) is 6.04 Å². The summed E-state index contributed by atoms with van der Waals surface area (Å²) in [6, 6.07) is 8.84. The van der Waals surface area contributed by atoms with E-state index in [-0.39, 0.29) is 11.9 Å². The van der Waals surface area contributed by atoms with Gasteiger partial charge in [0.2, 0.25) is 0 Å². The molecule has 0 saturated heterocycles. The summed E-state index contributed by atoms with van der Waals surface area (Å²) in [4.78, 5) is 12.1. The van der Waals surface area contributed by atoms with Crippen LogP contribution in [0, 0.1) is 5.92 Å². The van der Waals surface area contributed by atoms with Crippen LogP contribution in [-0.4, -0.2) is 18.5 Å². The Balaban J connectivity index is 1.79. The molecule has 0 heterocycles. The lowest BCUT2D eigenvalue weighted by Gasteiger charge is -2.29. The number of hydrogen-bond acceptors (Lipinski definition) is 1. The summed E-state index contributed by atoms with van der Waals surface area (Å²) in [5.41, 5.74) is 1.23. The van der Waals surface area contributed by atoms with Gasteiger partial charge in [-0.25, -0.2) is 0 Å². The molecule has 3 atom stereocenters. The number of rotatable bonds is 5. The van der Waals surface area contributed by atoms with Crippen LogP contribution in [0.15, 0.2) is 28.7 Å². The largest absolute Gasteiger partial charge is 0.348 e. The van der Waals surface area contributed by atoms with Gasteiger partial charge < -0.3 is 10.6 Å². The molecule has 1 aliphatic rings. The van der Waals surface area contributed by atoms with E-state index in [2.05, 4.69) is 46.5 Å². The van der Waals surface area contributed by atoms with Gasteiger partial charge in [0, 0.05) is 16.1 Å². The molecule has 1 saturated carbocycles. The first-order valence-electron chi connectivity index (χ1n) is 7.95. The highest BCUT2D eigenvalue weighted by atomic mass is 79.9. The van der Waals surface area contributed by atoms with E-state index in [0.29, 0.717) is 18.5 Å². The SMILES string of the molecule is C[C@H]([NH2+]CC(=O)N[C@H]1CCCC[C@H]1C)c1ccccc1Br. The van der Waals surface area contributed by atoms with E-state index in [0.717, 1.165) is 10.9 Å². The van der Waals surface area contributed by atoms with Crippen LogP contribution in [-0.2, 0) is 4.79 Å². The Bertz CT molecular complexity index is 478. The van der Waals surface area contributed by atoms with Gasteiger partial charge >= 0.3 is 0 Å². The lowest BCUT2D eigenvalue weighted by molar-refractivity contribution is -0.682. The Hall–Kier alpha value is -0.870. The zero-order chi connectivity index (χ0) is 15.2. The van der Waals surface area contributed by atoms with Gasteiger partial charge in [-0.05, 0) is 31.7 Å². The molecule has 21 heavy (non-hydrogen) atoms. The zero-order valence-corrected chi connectivity index (χ0v) is 14.5. The van der Waals surface area contributed by atoms with E-state index < -0.39 is 0 Å². The Labute approximate surface area is 136 Å². The van der Waals surface area contributed by atoms with Gasteiger partial charge in [0.05, 0.1) is 0 Å². The van der Waals surface area contributed by atoms with Crippen LogP contribution in [0.25, 0.3) is 0 Å². The maximum atomic E-state index is 12.1. The fraction of sp³-hybridized carbons (Fsp3) is 0.588. The molecule has 116 valence electrons. The number of carbonyl (C=O) groups is 1. The summed E-state index contributed by atoms with van der Waals surface area (Å²) in [5.74, 6) is 0.774. The minimum Gasteiger partial charge on any atom is -0.348 e. The van der Waals surface area contributed by atoms with E-state index in [1.54, 1.807) is 0 Å². The number of benzene rings is 1. The third-order valence-corrected chi connectivity index (χ3v) is 5.23. The van der Waals surface area contributed by atoms with E-state index in [1.807, 2.05) is 18.2 Å². The maximum Gasteiger partial charge on any atom is 0.275 e. The van der Waals surface area contributed by atoms with Crippen molar-refractivity contribution in [3.63, 3.8) is 0 Å². The highest BCUT2D eigenvalue weighted by Gasteiger charge is 2.23. The third-order valence-electron chi connectivity index (χ3n) is 4.51. The van der Waals surface area contributed by atoms with Crippen molar-refractivity contribution in [1.29, 1.82) is 0 Å². The molecule has 0 aromatic heterocycles. The van der Waals surface area contributed by atoms with Gasteiger partial charge in [0.15, 0.2) is 6.54 Å². The van der Waals surface area contributed by atoms with Crippen LogP contribution in [0.4, 0.5) is 0 Å². The van der Waals surface area contributed by atoms with Crippen LogP contribution in [0.2, 0.25) is 0 Å². The molecular weight excluding hydrogens is 328 g/mol. The lowest BCUT2D eigenvalue weighted by Crippen LogP contribution is -2.87.